The van der Waals surface area contributed by atoms with E-state index in [0.717, 1.165) is 0 Å². The number of halogens is 1. The summed E-state index contributed by atoms with van der Waals surface area (Å²) in [6, 6.07) is 7.40. The van der Waals surface area contributed by atoms with Crippen LogP contribution in [0, 0.1) is 0 Å². The zero-order chi connectivity index (χ0) is 21.0. The number of amides is 1. The molecule has 1 atom stereocenters. The number of pyridine rings is 1. The molecule has 152 valence electrons. The van der Waals surface area contributed by atoms with Crippen LogP contribution in [0.25, 0.3) is 5.76 Å². The number of hydrogen-bond acceptors (Lipinski definition) is 6. The predicted octanol–water partition coefficient (Wildman–Crippen LogP) is 3.20. The van der Waals surface area contributed by atoms with E-state index in [4.69, 9.17) is 21.1 Å². The van der Waals surface area contributed by atoms with Gasteiger partial charge < -0.3 is 19.5 Å². The lowest BCUT2D eigenvalue weighted by molar-refractivity contribution is -0.140. The number of aliphatic hydroxyl groups excluding tert-OH is 1. The molecule has 29 heavy (non-hydrogen) atoms. The second kappa shape index (κ2) is 9.07. The number of aromatic nitrogens is 1. The first-order valence-corrected chi connectivity index (χ1v) is 9.47. The number of carbonyl (C=O) groups excluding carboxylic acids is 2. The molecule has 8 heteroatoms. The van der Waals surface area contributed by atoms with Gasteiger partial charge in [0.15, 0.2) is 0 Å². The molecule has 3 rings (SSSR count). The van der Waals surface area contributed by atoms with Gasteiger partial charge in [-0.3, -0.25) is 14.6 Å². The van der Waals surface area contributed by atoms with E-state index >= 15 is 0 Å². The molecule has 1 saturated heterocycles. The Labute approximate surface area is 173 Å². The summed E-state index contributed by atoms with van der Waals surface area (Å²) in [6.07, 6.45) is 3.13. The summed E-state index contributed by atoms with van der Waals surface area (Å²) in [5, 5.41) is 11.3. The molecule has 0 spiro atoms. The first-order valence-electron chi connectivity index (χ1n) is 9.09. The van der Waals surface area contributed by atoms with E-state index in [1.165, 1.54) is 12.0 Å². The van der Waals surface area contributed by atoms with Gasteiger partial charge in [-0.2, -0.15) is 0 Å². The summed E-state index contributed by atoms with van der Waals surface area (Å²) in [6.45, 7) is 2.70. The van der Waals surface area contributed by atoms with Crippen LogP contribution in [-0.2, 0) is 14.3 Å². The highest BCUT2D eigenvalue weighted by Crippen LogP contribution is 2.40. The van der Waals surface area contributed by atoms with Crippen LogP contribution in [0.15, 0.2) is 48.3 Å². The van der Waals surface area contributed by atoms with Gasteiger partial charge in [-0.15, -0.1) is 0 Å². The summed E-state index contributed by atoms with van der Waals surface area (Å²) in [4.78, 5) is 30.9. The Morgan fingerprint density at radius 1 is 1.24 bits per heavy atom. The van der Waals surface area contributed by atoms with Crippen LogP contribution in [0.4, 0.5) is 0 Å². The van der Waals surface area contributed by atoms with Gasteiger partial charge in [0.25, 0.3) is 11.7 Å². The van der Waals surface area contributed by atoms with Crippen LogP contribution >= 0.6 is 11.6 Å². The Bertz CT molecular complexity index is 945. The normalized spacial score (nSPS) is 18.3. The van der Waals surface area contributed by atoms with E-state index in [9.17, 15) is 14.7 Å². The van der Waals surface area contributed by atoms with Crippen LogP contribution < -0.4 is 4.74 Å². The first kappa shape index (κ1) is 20.8. The van der Waals surface area contributed by atoms with Crippen molar-refractivity contribution >= 4 is 29.1 Å². The van der Waals surface area contributed by atoms with Crippen molar-refractivity contribution < 1.29 is 24.2 Å². The monoisotopic (exact) mass is 416 g/mol. The van der Waals surface area contributed by atoms with Gasteiger partial charge in [0.05, 0.1) is 29.9 Å². The molecule has 2 aromatic rings. The number of benzene rings is 1. The molecule has 0 aliphatic carbocycles. The highest BCUT2D eigenvalue weighted by atomic mass is 35.5. The molecular formula is C21H21ClN2O5. The summed E-state index contributed by atoms with van der Waals surface area (Å²) in [5.74, 6) is -1.34. The Kier molecular flexibility index (Phi) is 6.51. The Balaban J connectivity index is 2.17. The molecule has 7 nitrogen and oxygen atoms in total. The fraction of sp³-hybridized carbons (Fsp3) is 0.286. The minimum absolute atomic E-state index is 0.0344. The molecular weight excluding hydrogens is 396 g/mol. The second-order valence-electron chi connectivity index (χ2n) is 6.34. The minimum atomic E-state index is -0.779. The van der Waals surface area contributed by atoms with Crippen molar-refractivity contribution in [3.05, 3.63) is 64.4 Å². The molecule has 1 amide bonds. The van der Waals surface area contributed by atoms with Crippen LogP contribution in [-0.4, -0.2) is 53.5 Å². The van der Waals surface area contributed by atoms with Crippen LogP contribution in [0.2, 0.25) is 5.02 Å². The van der Waals surface area contributed by atoms with Gasteiger partial charge in [-0.05, 0) is 42.8 Å². The van der Waals surface area contributed by atoms with Crippen molar-refractivity contribution in [2.24, 2.45) is 0 Å². The van der Waals surface area contributed by atoms with E-state index in [0.29, 0.717) is 17.9 Å². The van der Waals surface area contributed by atoms with Crippen LogP contribution in [0.3, 0.4) is 0 Å². The molecule has 0 bridgehead atoms. The number of rotatable bonds is 7. The number of hydrogen-bond donors (Lipinski definition) is 1. The Hall–Kier alpha value is -2.90. The average molecular weight is 417 g/mol. The van der Waals surface area contributed by atoms with Gasteiger partial charge in [-0.25, -0.2) is 0 Å². The zero-order valence-corrected chi connectivity index (χ0v) is 16.8. The molecule has 1 aromatic carbocycles. The molecule has 1 unspecified atom stereocenters. The number of ether oxygens (including phenoxy) is 2. The molecule has 1 aliphatic heterocycles. The largest absolute Gasteiger partial charge is 0.507 e. The maximum atomic E-state index is 12.9. The van der Waals surface area contributed by atoms with Crippen LogP contribution in [0.5, 0.6) is 5.75 Å². The number of methoxy groups -OCH3 is 1. The third kappa shape index (κ3) is 4.11. The molecule has 0 saturated carbocycles. The number of carbonyl (C=O) groups is 2. The van der Waals surface area contributed by atoms with E-state index in [-0.39, 0.29) is 35.1 Å². The highest BCUT2D eigenvalue weighted by molar-refractivity contribution is 6.47. The first-order chi connectivity index (χ1) is 14.0. The minimum Gasteiger partial charge on any atom is -0.507 e. The van der Waals surface area contributed by atoms with Crippen molar-refractivity contribution in [3.63, 3.8) is 0 Å². The summed E-state index contributed by atoms with van der Waals surface area (Å²) < 4.78 is 10.5. The third-order valence-electron chi connectivity index (χ3n) is 4.60. The van der Waals surface area contributed by atoms with Crippen molar-refractivity contribution in [1.29, 1.82) is 0 Å². The molecule has 0 radical (unpaired) electrons. The fourth-order valence-electron chi connectivity index (χ4n) is 3.28. The number of aliphatic hydroxyl groups is 1. The smallest absolute Gasteiger partial charge is 0.295 e. The van der Waals surface area contributed by atoms with Crippen molar-refractivity contribution in [2.45, 2.75) is 13.0 Å². The molecule has 1 N–H and O–H groups in total. The lowest BCUT2D eigenvalue weighted by Crippen LogP contribution is -2.32. The molecule has 2 heterocycles. The van der Waals surface area contributed by atoms with Crippen LogP contribution in [0.1, 0.15) is 24.1 Å². The maximum Gasteiger partial charge on any atom is 0.295 e. The van der Waals surface area contributed by atoms with Gasteiger partial charge >= 0.3 is 0 Å². The topological polar surface area (TPSA) is 89.0 Å². The number of ketones is 1. The predicted molar refractivity (Wildman–Crippen MR) is 108 cm³/mol. The maximum absolute atomic E-state index is 12.9. The van der Waals surface area contributed by atoms with Crippen molar-refractivity contribution in [3.8, 4) is 5.75 Å². The number of nitrogens with zero attached hydrogens (tertiary/aromatic N) is 2. The quantitative estimate of drug-likeness (QED) is 0.423. The number of Topliss-reactive ketones (excluding diaryl/α,β-unsaturated/α-hetero) is 1. The summed E-state index contributed by atoms with van der Waals surface area (Å²) in [7, 11) is 1.51. The molecule has 1 fully saturated rings. The summed E-state index contributed by atoms with van der Waals surface area (Å²) in [5.41, 5.74) is 0.836. The lowest BCUT2D eigenvalue weighted by atomic mass is 9.96. The van der Waals surface area contributed by atoms with E-state index in [2.05, 4.69) is 4.98 Å². The van der Waals surface area contributed by atoms with Gasteiger partial charge in [0.2, 0.25) is 0 Å². The van der Waals surface area contributed by atoms with Crippen molar-refractivity contribution in [1.82, 2.24) is 9.88 Å². The van der Waals surface area contributed by atoms with Gasteiger partial charge in [0, 0.05) is 31.6 Å². The fourth-order valence-corrected chi connectivity index (χ4v) is 3.49. The highest BCUT2D eigenvalue weighted by Gasteiger charge is 2.46. The van der Waals surface area contributed by atoms with E-state index in [1.54, 1.807) is 42.7 Å². The molecule has 1 aromatic heterocycles. The van der Waals surface area contributed by atoms with Crippen molar-refractivity contribution in [2.75, 3.05) is 26.9 Å². The van der Waals surface area contributed by atoms with Gasteiger partial charge in [-0.1, -0.05) is 11.6 Å². The molecule has 1 aliphatic rings. The lowest BCUT2D eigenvalue weighted by Gasteiger charge is -2.25. The Morgan fingerprint density at radius 2 is 1.97 bits per heavy atom. The zero-order valence-electron chi connectivity index (χ0n) is 16.1. The SMILES string of the molecule is CCOc1ccc(Cl)c(/C(O)=C2\C(=O)C(=O)N(CCOC)C2c2ccncc2)c1. The third-order valence-corrected chi connectivity index (χ3v) is 4.93. The second-order valence-corrected chi connectivity index (χ2v) is 6.75. The van der Waals surface area contributed by atoms with Gasteiger partial charge in [0.1, 0.15) is 11.5 Å². The summed E-state index contributed by atoms with van der Waals surface area (Å²) >= 11 is 6.28. The Morgan fingerprint density at radius 3 is 2.62 bits per heavy atom. The number of likely N-dealkylation sites (tertiary alicyclic amines) is 1. The van der Waals surface area contributed by atoms with E-state index < -0.39 is 17.7 Å². The average Bonchev–Trinajstić information content (AvgIpc) is 2.98. The standard InChI is InChI=1S/C21H21ClN2O5/c1-3-29-14-4-5-16(22)15(12-14)19(25)17-18(13-6-8-23-9-7-13)24(10-11-28-2)21(27)20(17)26/h4-9,12,18,25H,3,10-11H2,1-2H3/b19-17+. The van der Waals surface area contributed by atoms with E-state index in [1.807, 2.05) is 6.92 Å².